The molecular weight excluding hydrogens is 136 g/mol. The van der Waals surface area contributed by atoms with Crippen molar-refractivity contribution >= 4 is 6.72 Å². The summed E-state index contributed by atoms with van der Waals surface area (Å²) < 4.78 is 0. The van der Waals surface area contributed by atoms with E-state index in [2.05, 4.69) is 31.7 Å². The van der Waals surface area contributed by atoms with Crippen LogP contribution in [0.2, 0.25) is 0 Å². The van der Waals surface area contributed by atoms with E-state index in [-0.39, 0.29) is 0 Å². The van der Waals surface area contributed by atoms with Crippen molar-refractivity contribution in [2.75, 3.05) is 6.54 Å². The standard InChI is InChI=1S/C9H16N2/c1-4-9-8(2)6-5-7-11(9)10-3/h4,8H,3,5-7H2,1-2H3/b9-4-. The lowest BCUT2D eigenvalue weighted by Gasteiger charge is -2.31. The Hall–Kier alpha value is -0.790. The number of hydrogen-bond donors (Lipinski definition) is 0. The fourth-order valence-electron chi connectivity index (χ4n) is 1.66. The van der Waals surface area contributed by atoms with Gasteiger partial charge in [0.1, 0.15) is 0 Å². The van der Waals surface area contributed by atoms with Crippen LogP contribution < -0.4 is 0 Å². The average Bonchev–Trinajstić information content (AvgIpc) is 2.04. The molecule has 2 heteroatoms. The molecule has 1 heterocycles. The van der Waals surface area contributed by atoms with E-state index < -0.39 is 0 Å². The first kappa shape index (κ1) is 8.31. The summed E-state index contributed by atoms with van der Waals surface area (Å²) in [5, 5.41) is 5.97. The van der Waals surface area contributed by atoms with E-state index in [0.717, 1.165) is 6.54 Å². The van der Waals surface area contributed by atoms with Crippen LogP contribution >= 0.6 is 0 Å². The maximum atomic E-state index is 3.97. The molecule has 0 spiro atoms. The van der Waals surface area contributed by atoms with Crippen molar-refractivity contribution in [1.82, 2.24) is 5.01 Å². The van der Waals surface area contributed by atoms with Crippen molar-refractivity contribution in [3.05, 3.63) is 11.8 Å². The highest BCUT2D eigenvalue weighted by Crippen LogP contribution is 2.26. The second-order valence-electron chi connectivity index (χ2n) is 3.02. The Morgan fingerprint density at radius 3 is 2.91 bits per heavy atom. The number of nitrogens with zero attached hydrogens (tertiary/aromatic N) is 2. The lowest BCUT2D eigenvalue weighted by molar-refractivity contribution is 0.261. The number of rotatable bonds is 1. The van der Waals surface area contributed by atoms with Gasteiger partial charge in [0.15, 0.2) is 0 Å². The number of hydrogen-bond acceptors (Lipinski definition) is 2. The third kappa shape index (κ3) is 1.62. The van der Waals surface area contributed by atoms with E-state index in [1.165, 1.54) is 18.5 Å². The lowest BCUT2D eigenvalue weighted by atomic mass is 9.97. The molecule has 0 N–H and O–H groups in total. The van der Waals surface area contributed by atoms with Gasteiger partial charge in [0.25, 0.3) is 0 Å². The molecule has 0 saturated carbocycles. The molecule has 0 aromatic heterocycles. The van der Waals surface area contributed by atoms with Gasteiger partial charge in [-0.25, -0.2) is 0 Å². The number of allylic oxidation sites excluding steroid dienone is 2. The summed E-state index contributed by atoms with van der Waals surface area (Å²) >= 11 is 0. The fraction of sp³-hybridized carbons (Fsp3) is 0.667. The van der Waals surface area contributed by atoms with E-state index in [4.69, 9.17) is 0 Å². The topological polar surface area (TPSA) is 15.6 Å². The third-order valence-electron chi connectivity index (χ3n) is 2.28. The highest BCUT2D eigenvalue weighted by atomic mass is 15.5. The molecule has 1 rings (SSSR count). The van der Waals surface area contributed by atoms with E-state index in [1.54, 1.807) is 0 Å². The molecule has 62 valence electrons. The molecule has 0 amide bonds. The minimum absolute atomic E-state index is 0.652. The number of hydrazone groups is 1. The zero-order valence-corrected chi connectivity index (χ0v) is 7.38. The van der Waals surface area contributed by atoms with Gasteiger partial charge >= 0.3 is 0 Å². The molecule has 1 fully saturated rings. The first-order valence-corrected chi connectivity index (χ1v) is 4.20. The number of piperidine rings is 1. The van der Waals surface area contributed by atoms with Gasteiger partial charge in [-0.2, -0.15) is 5.10 Å². The molecule has 1 atom stereocenters. The molecule has 0 aliphatic carbocycles. The quantitative estimate of drug-likeness (QED) is 0.526. The normalized spacial score (nSPS) is 29.1. The molecule has 0 radical (unpaired) electrons. The predicted molar refractivity (Wildman–Crippen MR) is 48.4 cm³/mol. The molecule has 1 aliphatic rings. The minimum atomic E-state index is 0.652. The highest BCUT2D eigenvalue weighted by molar-refractivity contribution is 5.24. The van der Waals surface area contributed by atoms with Crippen LogP contribution in [0.4, 0.5) is 0 Å². The van der Waals surface area contributed by atoms with E-state index >= 15 is 0 Å². The summed E-state index contributed by atoms with van der Waals surface area (Å²) in [6.45, 7) is 8.89. The first-order valence-electron chi connectivity index (χ1n) is 4.20. The van der Waals surface area contributed by atoms with Crippen LogP contribution in [0.3, 0.4) is 0 Å². The monoisotopic (exact) mass is 152 g/mol. The molecule has 0 bridgehead atoms. The summed E-state index contributed by atoms with van der Waals surface area (Å²) in [7, 11) is 0. The maximum absolute atomic E-state index is 3.97. The fourth-order valence-corrected chi connectivity index (χ4v) is 1.66. The summed E-state index contributed by atoms with van der Waals surface area (Å²) in [5.41, 5.74) is 1.33. The first-order chi connectivity index (χ1) is 5.29. The Labute approximate surface area is 68.6 Å². The van der Waals surface area contributed by atoms with E-state index in [1.807, 2.05) is 5.01 Å². The Morgan fingerprint density at radius 2 is 2.45 bits per heavy atom. The Kier molecular flexibility index (Phi) is 2.69. The molecule has 2 nitrogen and oxygen atoms in total. The van der Waals surface area contributed by atoms with Crippen LogP contribution in [-0.2, 0) is 0 Å². The Bertz CT molecular complexity index is 172. The van der Waals surface area contributed by atoms with Crippen LogP contribution in [0.1, 0.15) is 26.7 Å². The van der Waals surface area contributed by atoms with E-state index in [9.17, 15) is 0 Å². The zero-order valence-electron chi connectivity index (χ0n) is 7.38. The van der Waals surface area contributed by atoms with Crippen molar-refractivity contribution in [2.45, 2.75) is 26.7 Å². The summed E-state index contributed by atoms with van der Waals surface area (Å²) in [5.74, 6) is 0.652. The van der Waals surface area contributed by atoms with Gasteiger partial charge in [0.05, 0.1) is 0 Å². The van der Waals surface area contributed by atoms with Gasteiger partial charge in [-0.1, -0.05) is 13.0 Å². The highest BCUT2D eigenvalue weighted by Gasteiger charge is 2.19. The Balaban J connectivity index is 2.71. The van der Waals surface area contributed by atoms with Gasteiger partial charge in [0, 0.05) is 19.0 Å². The van der Waals surface area contributed by atoms with Crippen LogP contribution in [0.5, 0.6) is 0 Å². The second kappa shape index (κ2) is 3.56. The van der Waals surface area contributed by atoms with Crippen molar-refractivity contribution in [3.63, 3.8) is 0 Å². The minimum Gasteiger partial charge on any atom is -0.270 e. The molecule has 1 aliphatic heterocycles. The van der Waals surface area contributed by atoms with E-state index in [0.29, 0.717) is 5.92 Å². The van der Waals surface area contributed by atoms with Gasteiger partial charge in [-0.3, -0.25) is 5.01 Å². The predicted octanol–water partition coefficient (Wildman–Crippen LogP) is 2.24. The molecule has 0 aromatic rings. The third-order valence-corrected chi connectivity index (χ3v) is 2.28. The smallest absolute Gasteiger partial charge is 0.0412 e. The van der Waals surface area contributed by atoms with Crippen molar-refractivity contribution in [3.8, 4) is 0 Å². The van der Waals surface area contributed by atoms with Crippen LogP contribution in [-0.4, -0.2) is 18.3 Å². The van der Waals surface area contributed by atoms with Crippen LogP contribution in [0.25, 0.3) is 0 Å². The largest absolute Gasteiger partial charge is 0.270 e. The zero-order chi connectivity index (χ0) is 8.27. The van der Waals surface area contributed by atoms with Crippen LogP contribution in [0, 0.1) is 5.92 Å². The van der Waals surface area contributed by atoms with Gasteiger partial charge < -0.3 is 0 Å². The summed E-state index contributed by atoms with van der Waals surface area (Å²) in [6, 6.07) is 0. The molecule has 1 saturated heterocycles. The SMILES string of the molecule is C=NN1CCCC(C)/C1=C/C. The van der Waals surface area contributed by atoms with Crippen LogP contribution in [0.15, 0.2) is 16.9 Å². The molecule has 0 aromatic carbocycles. The molecule has 11 heavy (non-hydrogen) atoms. The lowest BCUT2D eigenvalue weighted by Crippen LogP contribution is -2.27. The van der Waals surface area contributed by atoms with Gasteiger partial charge in [-0.05, 0) is 25.7 Å². The molecule has 1 unspecified atom stereocenters. The molecular formula is C9H16N2. The van der Waals surface area contributed by atoms with Crippen molar-refractivity contribution in [1.29, 1.82) is 0 Å². The van der Waals surface area contributed by atoms with Gasteiger partial charge in [-0.15, -0.1) is 0 Å². The van der Waals surface area contributed by atoms with Gasteiger partial charge in [0.2, 0.25) is 0 Å². The average molecular weight is 152 g/mol. The summed E-state index contributed by atoms with van der Waals surface area (Å²) in [6.07, 6.45) is 4.65. The summed E-state index contributed by atoms with van der Waals surface area (Å²) in [4.78, 5) is 0. The second-order valence-corrected chi connectivity index (χ2v) is 3.02. The Morgan fingerprint density at radius 1 is 1.73 bits per heavy atom. The van der Waals surface area contributed by atoms with Crippen molar-refractivity contribution < 1.29 is 0 Å². The maximum Gasteiger partial charge on any atom is 0.0412 e. The van der Waals surface area contributed by atoms with Crippen molar-refractivity contribution in [2.24, 2.45) is 11.0 Å².